The van der Waals surface area contributed by atoms with E-state index in [1.165, 1.54) is 25.2 Å². The van der Waals surface area contributed by atoms with Gasteiger partial charge in [-0.25, -0.2) is 20.0 Å². The van der Waals surface area contributed by atoms with E-state index < -0.39 is 11.8 Å². The first kappa shape index (κ1) is 15.5. The Labute approximate surface area is 121 Å². The molecule has 1 unspecified atom stereocenters. The van der Waals surface area contributed by atoms with Gasteiger partial charge in [-0.3, -0.25) is 0 Å². The smallest absolute Gasteiger partial charge is 0.336 e. The highest BCUT2D eigenvalue weighted by molar-refractivity contribution is 5.92. The topological polar surface area (TPSA) is 86.1 Å². The number of rotatable bonds is 4. The van der Waals surface area contributed by atoms with Crippen LogP contribution in [0, 0.1) is 5.82 Å². The fourth-order valence-corrected chi connectivity index (χ4v) is 1.85. The minimum absolute atomic E-state index is 0.162. The number of halogens is 1. The van der Waals surface area contributed by atoms with Crippen LogP contribution in [-0.4, -0.2) is 45.6 Å². The van der Waals surface area contributed by atoms with Crippen molar-refractivity contribution in [1.82, 2.24) is 5.32 Å². The zero-order chi connectivity index (χ0) is 15.2. The number of nitrogens with two attached hydrogens (primary N) is 1. The molecule has 1 fully saturated rings. The quantitative estimate of drug-likeness (QED) is 0.484. The number of hydrazine groups is 1. The molecule has 1 saturated heterocycles. The lowest BCUT2D eigenvalue weighted by atomic mass is 10.2. The summed E-state index contributed by atoms with van der Waals surface area (Å²) in [6, 6.07) is 3.20. The van der Waals surface area contributed by atoms with Gasteiger partial charge in [-0.05, 0) is 12.1 Å². The Bertz CT molecular complexity index is 494. The predicted molar refractivity (Wildman–Crippen MR) is 73.6 cm³/mol. The third-order valence-corrected chi connectivity index (χ3v) is 2.92. The van der Waals surface area contributed by atoms with Crippen LogP contribution < -0.4 is 20.9 Å². The van der Waals surface area contributed by atoms with E-state index in [2.05, 4.69) is 5.32 Å². The van der Waals surface area contributed by atoms with E-state index in [0.717, 1.165) is 5.01 Å². The first-order valence-electron chi connectivity index (χ1n) is 6.50. The maximum atomic E-state index is 13.4. The highest BCUT2D eigenvalue weighted by atomic mass is 19.1. The van der Waals surface area contributed by atoms with Gasteiger partial charge in [-0.1, -0.05) is 0 Å². The lowest BCUT2D eigenvalue weighted by Gasteiger charge is -2.24. The van der Waals surface area contributed by atoms with Crippen molar-refractivity contribution in [2.24, 2.45) is 5.84 Å². The molecule has 0 aliphatic carbocycles. The van der Waals surface area contributed by atoms with Crippen LogP contribution in [0.25, 0.3) is 0 Å². The summed E-state index contributed by atoms with van der Waals surface area (Å²) in [5, 5.41) is 3.23. The van der Waals surface area contributed by atoms with Crippen LogP contribution in [0.4, 0.5) is 14.9 Å². The molecule has 1 atom stereocenters. The third kappa shape index (κ3) is 4.03. The van der Waals surface area contributed by atoms with Gasteiger partial charge in [0, 0.05) is 13.1 Å². The highest BCUT2D eigenvalue weighted by Gasteiger charge is 2.19. The molecule has 2 rings (SSSR count). The molecule has 1 aliphatic rings. The van der Waals surface area contributed by atoms with Crippen molar-refractivity contribution in [2.75, 3.05) is 38.5 Å². The Hall–Kier alpha value is -1.90. The zero-order valence-corrected chi connectivity index (χ0v) is 11.7. The van der Waals surface area contributed by atoms with E-state index in [4.69, 9.17) is 20.1 Å². The van der Waals surface area contributed by atoms with Gasteiger partial charge < -0.3 is 19.5 Å². The van der Waals surface area contributed by atoms with Crippen molar-refractivity contribution in [3.05, 3.63) is 24.0 Å². The number of carbonyl (C=O) groups excluding carboxylic acids is 1. The molecule has 2 amide bonds. The SMILES string of the molecule is CNC(=O)N(N)c1ccc(F)cc1OCC1COCCO1. The van der Waals surface area contributed by atoms with Gasteiger partial charge in [0.25, 0.3) is 0 Å². The number of carbonyl (C=O) groups is 1. The fourth-order valence-electron chi connectivity index (χ4n) is 1.85. The second-order valence-corrected chi connectivity index (χ2v) is 4.42. The van der Waals surface area contributed by atoms with Gasteiger partial charge in [-0.2, -0.15) is 0 Å². The molecule has 1 heterocycles. The van der Waals surface area contributed by atoms with Crippen LogP contribution >= 0.6 is 0 Å². The number of nitrogens with one attached hydrogen (secondary N) is 1. The van der Waals surface area contributed by atoms with Crippen molar-refractivity contribution in [1.29, 1.82) is 0 Å². The molecule has 8 heteroatoms. The number of urea groups is 1. The Kier molecular flexibility index (Phi) is 5.32. The summed E-state index contributed by atoms with van der Waals surface area (Å²) in [7, 11) is 1.44. The summed E-state index contributed by atoms with van der Waals surface area (Å²) >= 11 is 0. The summed E-state index contributed by atoms with van der Waals surface area (Å²) < 4.78 is 29.6. The van der Waals surface area contributed by atoms with Crippen LogP contribution in [0.2, 0.25) is 0 Å². The standard InChI is InChI=1S/C13H18FN3O4/c1-16-13(18)17(15)11-3-2-9(14)6-12(11)21-8-10-7-19-4-5-20-10/h2-3,6,10H,4-5,7-8,15H2,1H3,(H,16,18). The molecule has 1 aromatic carbocycles. The summed E-state index contributed by atoms with van der Waals surface area (Å²) in [6.07, 6.45) is -0.235. The molecule has 0 saturated carbocycles. The van der Waals surface area contributed by atoms with Gasteiger partial charge in [-0.15, -0.1) is 0 Å². The molecule has 1 aromatic rings. The second-order valence-electron chi connectivity index (χ2n) is 4.42. The molecule has 21 heavy (non-hydrogen) atoms. The van der Waals surface area contributed by atoms with Crippen LogP contribution in [0.1, 0.15) is 0 Å². The number of ether oxygens (including phenoxy) is 3. The van der Waals surface area contributed by atoms with Crippen molar-refractivity contribution < 1.29 is 23.4 Å². The number of amides is 2. The number of anilines is 1. The van der Waals surface area contributed by atoms with E-state index in [1.807, 2.05) is 0 Å². The van der Waals surface area contributed by atoms with Crippen LogP contribution in [0.5, 0.6) is 5.75 Å². The monoisotopic (exact) mass is 299 g/mol. The number of nitrogens with zero attached hydrogens (tertiary/aromatic N) is 1. The van der Waals surface area contributed by atoms with Gasteiger partial charge in [0.05, 0.1) is 19.8 Å². The molecule has 3 N–H and O–H groups in total. The Morgan fingerprint density at radius 2 is 2.38 bits per heavy atom. The van der Waals surface area contributed by atoms with E-state index >= 15 is 0 Å². The molecule has 0 spiro atoms. The average Bonchev–Trinajstić information content (AvgIpc) is 2.52. The maximum absolute atomic E-state index is 13.4. The molecule has 1 aliphatic heterocycles. The molecule has 7 nitrogen and oxygen atoms in total. The maximum Gasteiger partial charge on any atom is 0.336 e. The molecule has 0 aromatic heterocycles. The van der Waals surface area contributed by atoms with Gasteiger partial charge in [0.15, 0.2) is 0 Å². The summed E-state index contributed by atoms with van der Waals surface area (Å²) in [5.74, 6) is 5.35. The van der Waals surface area contributed by atoms with Gasteiger partial charge in [0.1, 0.15) is 30.0 Å². The van der Waals surface area contributed by atoms with Gasteiger partial charge in [0.2, 0.25) is 0 Å². The number of benzene rings is 1. The Morgan fingerprint density at radius 1 is 1.57 bits per heavy atom. The summed E-state index contributed by atoms with van der Waals surface area (Å²) in [6.45, 7) is 1.63. The Balaban J connectivity index is 2.09. The van der Waals surface area contributed by atoms with E-state index in [9.17, 15) is 9.18 Å². The van der Waals surface area contributed by atoms with Crippen molar-refractivity contribution in [3.63, 3.8) is 0 Å². The van der Waals surface area contributed by atoms with Crippen molar-refractivity contribution >= 4 is 11.7 Å². The normalized spacial score (nSPS) is 18.1. The zero-order valence-electron chi connectivity index (χ0n) is 11.7. The van der Waals surface area contributed by atoms with Crippen molar-refractivity contribution in [2.45, 2.75) is 6.10 Å². The lowest BCUT2D eigenvalue weighted by molar-refractivity contribution is -0.101. The molecule has 0 bridgehead atoms. The first-order chi connectivity index (χ1) is 10.1. The van der Waals surface area contributed by atoms with Crippen LogP contribution in [-0.2, 0) is 9.47 Å². The number of hydrogen-bond donors (Lipinski definition) is 2. The first-order valence-corrected chi connectivity index (χ1v) is 6.50. The van der Waals surface area contributed by atoms with E-state index in [0.29, 0.717) is 19.8 Å². The van der Waals surface area contributed by atoms with Crippen molar-refractivity contribution in [3.8, 4) is 5.75 Å². The summed E-state index contributed by atoms with van der Waals surface area (Å²) in [4.78, 5) is 11.6. The predicted octanol–water partition coefficient (Wildman–Crippen LogP) is 0.639. The van der Waals surface area contributed by atoms with Gasteiger partial charge >= 0.3 is 6.03 Å². The van der Waals surface area contributed by atoms with Crippen LogP contribution in [0.15, 0.2) is 18.2 Å². The molecular weight excluding hydrogens is 281 g/mol. The number of hydrogen-bond acceptors (Lipinski definition) is 5. The largest absolute Gasteiger partial charge is 0.488 e. The molecule has 0 radical (unpaired) electrons. The lowest BCUT2D eigenvalue weighted by Crippen LogP contribution is -2.43. The molecular formula is C13H18FN3O4. The third-order valence-electron chi connectivity index (χ3n) is 2.92. The minimum atomic E-state index is -0.538. The average molecular weight is 299 g/mol. The Morgan fingerprint density at radius 3 is 3.05 bits per heavy atom. The second kappa shape index (κ2) is 7.21. The van der Waals surface area contributed by atoms with E-state index in [-0.39, 0.29) is 24.1 Å². The minimum Gasteiger partial charge on any atom is -0.488 e. The fraction of sp³-hybridized carbons (Fsp3) is 0.462. The molecule has 116 valence electrons. The van der Waals surface area contributed by atoms with E-state index in [1.54, 1.807) is 0 Å². The van der Waals surface area contributed by atoms with Crippen LogP contribution in [0.3, 0.4) is 0 Å². The summed E-state index contributed by atoms with van der Waals surface area (Å²) in [5.41, 5.74) is 0.257. The highest BCUT2D eigenvalue weighted by Crippen LogP contribution is 2.28.